The number of nitrogens with one attached hydrogen (secondary N) is 1. The Kier molecular flexibility index (Phi) is 10.2. The molecule has 0 aromatic heterocycles. The van der Waals surface area contributed by atoms with Crippen LogP contribution in [0, 0.1) is 0 Å². The van der Waals surface area contributed by atoms with Crippen molar-refractivity contribution in [2.45, 2.75) is 0 Å². The van der Waals surface area contributed by atoms with Crippen molar-refractivity contribution in [2.24, 2.45) is 0 Å². The van der Waals surface area contributed by atoms with Crippen molar-refractivity contribution in [3.05, 3.63) is 35.4 Å². The summed E-state index contributed by atoms with van der Waals surface area (Å²) >= 11 is 0. The van der Waals surface area contributed by atoms with Crippen LogP contribution in [0.1, 0.15) is 20.7 Å². The van der Waals surface area contributed by atoms with Crippen LogP contribution in [0.3, 0.4) is 0 Å². The van der Waals surface area contributed by atoms with E-state index in [-0.39, 0.29) is 11.8 Å². The third-order valence-electron chi connectivity index (χ3n) is 1.64. The van der Waals surface area contributed by atoms with Gasteiger partial charge in [-0.1, -0.05) is 23.8 Å². The lowest BCUT2D eigenvalue weighted by Crippen LogP contribution is -2.19. The number of imide groups is 1. The molecule has 0 fully saturated rings. The van der Waals surface area contributed by atoms with E-state index in [4.69, 9.17) is 38.9 Å². The Bertz CT molecular complexity index is 828. The summed E-state index contributed by atoms with van der Waals surface area (Å²) in [4.78, 5) is 21.9. The normalized spacial score (nSPS) is 12.8. The molecule has 0 saturated carbocycles. The maximum atomic E-state index is 10.9. The molecule has 0 saturated heterocycles. The van der Waals surface area contributed by atoms with Gasteiger partial charge in [0.25, 0.3) is 11.8 Å². The lowest BCUT2D eigenvalue weighted by molar-refractivity contribution is 0.0879. The van der Waals surface area contributed by atoms with Crippen LogP contribution in [-0.4, -0.2) is 50.7 Å². The number of carbonyl (C=O) groups excluding carboxylic acids is 2. The van der Waals surface area contributed by atoms with Gasteiger partial charge in [0.2, 0.25) is 0 Å². The van der Waals surface area contributed by atoms with Crippen LogP contribution < -0.4 is 5.32 Å². The Morgan fingerprint density at radius 2 is 0.846 bits per heavy atom. The van der Waals surface area contributed by atoms with Crippen LogP contribution in [-0.2, 0) is 31.5 Å². The fraction of sp³-hybridized carbons (Fsp3) is 0. The fourth-order valence-electron chi connectivity index (χ4n) is 1.12. The molecular weight excluding hydrogens is 439 g/mol. The standard InChI is InChI=1S/C8H5NO2.3FHO3S/c10-7-5-3-1-2-4-6(5)8(11)9-7;3*1-5(2,3)4/h1-4H,(H,9,10,11);3*(H,2,3,4). The van der Waals surface area contributed by atoms with E-state index in [1.807, 2.05) is 0 Å². The van der Waals surface area contributed by atoms with Gasteiger partial charge in [-0.15, -0.1) is 0 Å². The molecule has 2 amide bonds. The minimum atomic E-state index is -5.17. The molecule has 2 rings (SSSR count). The number of fused-ring (bicyclic) bond motifs is 1. The van der Waals surface area contributed by atoms with Crippen molar-refractivity contribution in [3.8, 4) is 0 Å². The van der Waals surface area contributed by atoms with Gasteiger partial charge in [-0.25, -0.2) is 0 Å². The van der Waals surface area contributed by atoms with E-state index < -0.39 is 31.5 Å². The molecule has 26 heavy (non-hydrogen) atoms. The van der Waals surface area contributed by atoms with E-state index in [2.05, 4.69) is 5.32 Å². The van der Waals surface area contributed by atoms with Gasteiger partial charge in [0.15, 0.2) is 0 Å². The van der Waals surface area contributed by atoms with Crippen LogP contribution >= 0.6 is 0 Å². The third kappa shape index (κ3) is 21.9. The van der Waals surface area contributed by atoms with Gasteiger partial charge in [0, 0.05) is 0 Å². The second kappa shape index (κ2) is 10.1. The molecule has 18 heteroatoms. The number of carbonyl (C=O) groups is 2. The number of hydrogen-bond acceptors (Lipinski definition) is 8. The average Bonchev–Trinajstić information content (AvgIpc) is 2.59. The molecule has 0 spiro atoms. The molecule has 0 radical (unpaired) electrons. The maximum absolute atomic E-state index is 10.9. The molecule has 1 heterocycles. The topological polar surface area (TPSA) is 209 Å². The van der Waals surface area contributed by atoms with Crippen molar-refractivity contribution in [1.82, 2.24) is 5.32 Å². The zero-order chi connectivity index (χ0) is 21.3. The molecule has 0 aliphatic carbocycles. The molecule has 12 nitrogen and oxygen atoms in total. The van der Waals surface area contributed by atoms with E-state index in [0.717, 1.165) is 0 Å². The van der Waals surface area contributed by atoms with E-state index in [9.17, 15) is 21.2 Å². The summed E-state index contributed by atoms with van der Waals surface area (Å²) in [7, 11) is -15.5. The summed E-state index contributed by atoms with van der Waals surface area (Å²) in [6.07, 6.45) is 0. The predicted octanol–water partition coefficient (Wildman–Crippen LogP) is -0.154. The first-order valence-corrected chi connectivity index (χ1v) is 9.27. The minimum Gasteiger partial charge on any atom is -0.288 e. The smallest absolute Gasteiger partial charge is 0.288 e. The highest BCUT2D eigenvalue weighted by molar-refractivity contribution is 7.80. The third-order valence-corrected chi connectivity index (χ3v) is 1.64. The predicted molar refractivity (Wildman–Crippen MR) is 76.2 cm³/mol. The van der Waals surface area contributed by atoms with Gasteiger partial charge < -0.3 is 0 Å². The summed E-state index contributed by atoms with van der Waals surface area (Å²) in [5.41, 5.74) is 0.940. The first-order chi connectivity index (χ1) is 11.3. The Morgan fingerprint density at radius 1 is 0.654 bits per heavy atom. The molecular formula is C8H8F3NO11S3. The molecule has 0 unspecified atom stereocenters. The monoisotopic (exact) mass is 447 g/mol. The number of amides is 2. The molecule has 4 N–H and O–H groups in total. The molecule has 1 aliphatic heterocycles. The number of rotatable bonds is 0. The lowest BCUT2D eigenvalue weighted by Gasteiger charge is -1.88. The number of halogens is 3. The highest BCUT2D eigenvalue weighted by Gasteiger charge is 2.25. The summed E-state index contributed by atoms with van der Waals surface area (Å²) < 4.78 is 102. The van der Waals surface area contributed by atoms with Crippen LogP contribution in [0.2, 0.25) is 0 Å². The fourth-order valence-corrected chi connectivity index (χ4v) is 1.12. The highest BCUT2D eigenvalue weighted by atomic mass is 32.3. The summed E-state index contributed by atoms with van der Waals surface area (Å²) in [5.74, 6) is -0.601. The van der Waals surface area contributed by atoms with Crippen LogP contribution in [0.4, 0.5) is 11.7 Å². The SMILES string of the molecule is O=C1NC(=O)c2ccccc21.O=S(=O)(O)F.O=S(=O)(O)F.O=S(=O)(O)F. The second-order valence-electron chi connectivity index (χ2n) is 3.57. The Labute approximate surface area is 144 Å². The van der Waals surface area contributed by atoms with Crippen molar-refractivity contribution in [3.63, 3.8) is 0 Å². The first-order valence-electron chi connectivity index (χ1n) is 5.25. The second-order valence-corrected chi connectivity index (χ2v) is 6.04. The van der Waals surface area contributed by atoms with E-state index >= 15 is 0 Å². The molecule has 150 valence electrons. The molecule has 0 bridgehead atoms. The number of benzene rings is 1. The van der Waals surface area contributed by atoms with Crippen molar-refractivity contribution < 1.29 is 60.2 Å². The Balaban J connectivity index is 0. The van der Waals surface area contributed by atoms with Crippen molar-refractivity contribution in [1.29, 1.82) is 0 Å². The Hall–Kier alpha value is -2.12. The molecule has 1 aromatic carbocycles. The van der Waals surface area contributed by atoms with Gasteiger partial charge in [0.05, 0.1) is 11.1 Å². The molecule has 1 aliphatic rings. The van der Waals surface area contributed by atoms with Gasteiger partial charge in [-0.05, 0) is 12.1 Å². The molecule has 0 atom stereocenters. The maximum Gasteiger partial charge on any atom is 0.435 e. The first kappa shape index (κ1) is 26.1. The van der Waals surface area contributed by atoms with Crippen LogP contribution in [0.25, 0.3) is 0 Å². The van der Waals surface area contributed by atoms with Crippen LogP contribution in [0.15, 0.2) is 24.3 Å². The van der Waals surface area contributed by atoms with E-state index in [1.54, 1.807) is 24.3 Å². The molecule has 1 aromatic rings. The Morgan fingerprint density at radius 3 is 1.04 bits per heavy atom. The quantitative estimate of drug-likeness (QED) is 0.233. The van der Waals surface area contributed by atoms with Gasteiger partial charge >= 0.3 is 31.5 Å². The lowest BCUT2D eigenvalue weighted by atomic mass is 10.1. The largest absolute Gasteiger partial charge is 0.435 e. The van der Waals surface area contributed by atoms with Crippen molar-refractivity contribution in [2.75, 3.05) is 0 Å². The zero-order valence-corrected chi connectivity index (χ0v) is 14.2. The van der Waals surface area contributed by atoms with Gasteiger partial charge in [0.1, 0.15) is 0 Å². The zero-order valence-electron chi connectivity index (χ0n) is 11.8. The van der Waals surface area contributed by atoms with Gasteiger partial charge in [-0.2, -0.15) is 25.3 Å². The number of hydrogen-bond donors (Lipinski definition) is 4. The highest BCUT2D eigenvalue weighted by Crippen LogP contribution is 2.13. The van der Waals surface area contributed by atoms with Crippen molar-refractivity contribution >= 4 is 43.3 Å². The van der Waals surface area contributed by atoms with Crippen LogP contribution in [0.5, 0.6) is 0 Å². The average molecular weight is 447 g/mol. The van der Waals surface area contributed by atoms with E-state index in [1.165, 1.54) is 0 Å². The minimum absolute atomic E-state index is 0.300. The summed E-state index contributed by atoms with van der Waals surface area (Å²) in [5, 5.41) is 2.20. The van der Waals surface area contributed by atoms with Gasteiger partial charge in [-0.3, -0.25) is 28.6 Å². The summed E-state index contributed by atoms with van der Waals surface area (Å²) in [6, 6.07) is 6.74. The summed E-state index contributed by atoms with van der Waals surface area (Å²) in [6.45, 7) is 0. The van der Waals surface area contributed by atoms with E-state index in [0.29, 0.717) is 11.1 Å².